The first kappa shape index (κ1) is 26.4. The van der Waals surface area contributed by atoms with Gasteiger partial charge in [-0.1, -0.05) is 18.8 Å². The molecule has 1 aromatic heterocycles. The lowest BCUT2D eigenvalue weighted by atomic mass is 9.82. The molecule has 0 atom stereocenters. The number of rotatable bonds is 8. The number of amides is 1. The van der Waals surface area contributed by atoms with Gasteiger partial charge < -0.3 is 19.1 Å². The number of hydrogen-bond acceptors (Lipinski definition) is 6. The minimum atomic E-state index is -0.475. The lowest BCUT2D eigenvalue weighted by Crippen LogP contribution is -2.49. The third-order valence-electron chi connectivity index (χ3n) is 5.59. The third-order valence-corrected chi connectivity index (χ3v) is 6.61. The van der Waals surface area contributed by atoms with Gasteiger partial charge in [0.2, 0.25) is 5.91 Å². The molecule has 2 rings (SSSR count). The standard InChI is InChI=1S/C25H37NO5S/c1-17-8-10-18(11-9-17)23(27)26(19(15-29-5)16-30-6)21-14-20(12-13-25(2,3)4)32-22(21)24(28)31-7/h14,17-19H,8-11,15-16H2,1-7H3. The topological polar surface area (TPSA) is 65.1 Å². The Hall–Kier alpha value is -1.88. The first-order valence-electron chi connectivity index (χ1n) is 11.2. The van der Waals surface area contributed by atoms with Gasteiger partial charge in [0.15, 0.2) is 0 Å². The zero-order valence-electron chi connectivity index (χ0n) is 20.4. The van der Waals surface area contributed by atoms with Crippen LogP contribution in [-0.4, -0.2) is 52.5 Å². The second kappa shape index (κ2) is 11.8. The second-order valence-electron chi connectivity index (χ2n) is 9.55. The molecule has 1 heterocycles. The van der Waals surface area contributed by atoms with Gasteiger partial charge in [-0.3, -0.25) is 4.79 Å². The number of thiophene rings is 1. The fourth-order valence-electron chi connectivity index (χ4n) is 3.89. The number of methoxy groups -OCH3 is 3. The minimum absolute atomic E-state index is 0.00860. The van der Waals surface area contributed by atoms with Crippen LogP contribution in [0.5, 0.6) is 0 Å². The van der Waals surface area contributed by atoms with E-state index in [9.17, 15) is 9.59 Å². The molecule has 1 aliphatic carbocycles. The molecule has 0 N–H and O–H groups in total. The summed E-state index contributed by atoms with van der Waals surface area (Å²) in [5, 5.41) is 0. The van der Waals surface area contributed by atoms with Crippen LogP contribution in [0.15, 0.2) is 6.07 Å². The molecule has 0 aliphatic heterocycles. The maximum Gasteiger partial charge on any atom is 0.350 e. The largest absolute Gasteiger partial charge is 0.465 e. The van der Waals surface area contributed by atoms with Crippen LogP contribution in [-0.2, 0) is 19.0 Å². The van der Waals surface area contributed by atoms with Gasteiger partial charge in [0.05, 0.1) is 36.9 Å². The Kier molecular flexibility index (Phi) is 9.75. The molecule has 178 valence electrons. The van der Waals surface area contributed by atoms with Crippen LogP contribution in [0.2, 0.25) is 0 Å². The van der Waals surface area contributed by atoms with Crippen LogP contribution in [0.25, 0.3) is 0 Å². The maximum absolute atomic E-state index is 13.8. The number of nitrogens with zero attached hydrogens (tertiary/aromatic N) is 1. The number of anilines is 1. The van der Waals surface area contributed by atoms with Gasteiger partial charge in [0.1, 0.15) is 4.88 Å². The average molecular weight is 464 g/mol. The van der Waals surface area contributed by atoms with Crippen molar-refractivity contribution >= 4 is 28.9 Å². The zero-order chi connectivity index (χ0) is 23.9. The van der Waals surface area contributed by atoms with Gasteiger partial charge in [-0.05, 0) is 58.4 Å². The lowest BCUT2D eigenvalue weighted by molar-refractivity contribution is -0.124. The lowest BCUT2D eigenvalue weighted by Gasteiger charge is -2.35. The first-order chi connectivity index (χ1) is 15.1. The number of esters is 1. The SMILES string of the molecule is COCC(COC)N(C(=O)C1CCC(C)CC1)c1cc(C#CC(C)(C)C)sc1C(=O)OC. The van der Waals surface area contributed by atoms with E-state index >= 15 is 0 Å². The summed E-state index contributed by atoms with van der Waals surface area (Å²) in [6.07, 6.45) is 3.74. The molecule has 0 spiro atoms. The fraction of sp³-hybridized carbons (Fsp3) is 0.680. The highest BCUT2D eigenvalue weighted by atomic mass is 32.1. The molecule has 0 saturated heterocycles. The fourth-order valence-corrected chi connectivity index (χ4v) is 4.81. The Morgan fingerprint density at radius 1 is 1.12 bits per heavy atom. The number of carbonyl (C=O) groups excluding carboxylic acids is 2. The van der Waals surface area contributed by atoms with Crippen LogP contribution < -0.4 is 4.90 Å². The Balaban J connectivity index is 2.57. The molecular formula is C25H37NO5S. The number of hydrogen-bond donors (Lipinski definition) is 0. The van der Waals surface area contributed by atoms with Crippen molar-refractivity contribution in [2.24, 2.45) is 17.3 Å². The van der Waals surface area contributed by atoms with Crippen molar-refractivity contribution in [3.8, 4) is 11.8 Å². The van der Waals surface area contributed by atoms with Gasteiger partial charge in [0.25, 0.3) is 0 Å². The Labute approximate surface area is 196 Å². The van der Waals surface area contributed by atoms with Crippen LogP contribution in [0, 0.1) is 29.1 Å². The van der Waals surface area contributed by atoms with Gasteiger partial charge in [0, 0.05) is 25.6 Å². The normalized spacial score (nSPS) is 18.8. The second-order valence-corrected chi connectivity index (χ2v) is 10.6. The van der Waals surface area contributed by atoms with Gasteiger partial charge in [-0.2, -0.15) is 0 Å². The van der Waals surface area contributed by atoms with E-state index in [0.717, 1.165) is 30.6 Å². The Morgan fingerprint density at radius 2 is 1.72 bits per heavy atom. The molecule has 0 bridgehead atoms. The van der Waals surface area contributed by atoms with Crippen molar-refractivity contribution < 1.29 is 23.8 Å². The molecule has 1 aromatic rings. The van der Waals surface area contributed by atoms with Crippen molar-refractivity contribution in [2.45, 2.75) is 59.4 Å². The molecule has 7 heteroatoms. The molecule has 6 nitrogen and oxygen atoms in total. The van der Waals surface area contributed by atoms with Crippen molar-refractivity contribution in [3.05, 3.63) is 15.8 Å². The molecular weight excluding hydrogens is 426 g/mol. The van der Waals surface area contributed by atoms with Crippen LogP contribution >= 0.6 is 11.3 Å². The number of ether oxygens (including phenoxy) is 3. The van der Waals surface area contributed by atoms with Crippen LogP contribution in [0.1, 0.15) is 67.9 Å². The zero-order valence-corrected chi connectivity index (χ0v) is 21.3. The Bertz CT molecular complexity index is 831. The van der Waals surface area contributed by atoms with E-state index in [1.165, 1.54) is 18.4 Å². The highest BCUT2D eigenvalue weighted by Crippen LogP contribution is 2.36. The molecule has 32 heavy (non-hydrogen) atoms. The van der Waals surface area contributed by atoms with Crippen LogP contribution in [0.3, 0.4) is 0 Å². The number of carbonyl (C=O) groups is 2. The summed E-state index contributed by atoms with van der Waals surface area (Å²) >= 11 is 1.26. The van der Waals surface area contributed by atoms with E-state index in [1.54, 1.807) is 19.1 Å². The molecule has 1 fully saturated rings. The summed E-state index contributed by atoms with van der Waals surface area (Å²) in [6, 6.07) is 1.47. The van der Waals surface area contributed by atoms with Crippen molar-refractivity contribution in [1.82, 2.24) is 0 Å². The monoisotopic (exact) mass is 463 g/mol. The molecule has 1 aliphatic rings. The van der Waals surface area contributed by atoms with E-state index < -0.39 is 5.97 Å². The van der Waals surface area contributed by atoms with Crippen molar-refractivity contribution in [1.29, 1.82) is 0 Å². The third kappa shape index (κ3) is 7.06. The summed E-state index contributed by atoms with van der Waals surface area (Å²) < 4.78 is 15.9. The van der Waals surface area contributed by atoms with Crippen molar-refractivity contribution in [2.75, 3.05) is 39.4 Å². The van der Waals surface area contributed by atoms with E-state index in [4.69, 9.17) is 14.2 Å². The van der Waals surface area contributed by atoms with Gasteiger partial charge >= 0.3 is 5.97 Å². The summed E-state index contributed by atoms with van der Waals surface area (Å²) in [5.41, 5.74) is 0.348. The predicted octanol–water partition coefficient (Wildman–Crippen LogP) is 4.75. The average Bonchev–Trinajstić information content (AvgIpc) is 3.16. The summed E-state index contributed by atoms with van der Waals surface area (Å²) in [7, 11) is 4.55. The molecule has 0 radical (unpaired) electrons. The van der Waals surface area contributed by atoms with E-state index in [0.29, 0.717) is 29.7 Å². The van der Waals surface area contributed by atoms with Crippen LogP contribution in [0.4, 0.5) is 5.69 Å². The smallest absolute Gasteiger partial charge is 0.350 e. The van der Waals surface area contributed by atoms with E-state index in [1.807, 2.05) is 26.8 Å². The quantitative estimate of drug-likeness (QED) is 0.411. The van der Waals surface area contributed by atoms with Crippen molar-refractivity contribution in [3.63, 3.8) is 0 Å². The van der Waals surface area contributed by atoms with E-state index in [2.05, 4.69) is 18.8 Å². The predicted molar refractivity (Wildman–Crippen MR) is 128 cm³/mol. The minimum Gasteiger partial charge on any atom is -0.465 e. The summed E-state index contributed by atoms with van der Waals surface area (Å²) in [5.74, 6) is 6.45. The van der Waals surface area contributed by atoms with Gasteiger partial charge in [-0.15, -0.1) is 11.3 Å². The first-order valence-corrected chi connectivity index (χ1v) is 12.0. The molecule has 1 saturated carbocycles. The highest BCUT2D eigenvalue weighted by Gasteiger charge is 2.36. The maximum atomic E-state index is 13.8. The van der Waals surface area contributed by atoms with E-state index in [-0.39, 0.29) is 23.3 Å². The summed E-state index contributed by atoms with van der Waals surface area (Å²) in [6.45, 7) is 8.91. The molecule has 1 amide bonds. The van der Waals surface area contributed by atoms with Gasteiger partial charge in [-0.25, -0.2) is 4.79 Å². The Morgan fingerprint density at radius 3 is 2.22 bits per heavy atom. The molecule has 0 aromatic carbocycles. The summed E-state index contributed by atoms with van der Waals surface area (Å²) in [4.78, 5) is 29.3. The highest BCUT2D eigenvalue weighted by molar-refractivity contribution is 7.15. The molecule has 0 unspecified atom stereocenters.